The van der Waals surface area contributed by atoms with Gasteiger partial charge in [0.2, 0.25) is 0 Å². The third kappa shape index (κ3) is 4.30. The summed E-state index contributed by atoms with van der Waals surface area (Å²) >= 11 is 0. The Bertz CT molecular complexity index is 117. The third-order valence-electron chi connectivity index (χ3n) is 1.33. The molecule has 0 saturated carbocycles. The number of aliphatic hydroxyl groups excluding tert-OH is 1. The van der Waals surface area contributed by atoms with E-state index in [9.17, 15) is 5.11 Å². The van der Waals surface area contributed by atoms with Crippen molar-refractivity contribution in [2.24, 2.45) is 5.92 Å². The predicted molar refractivity (Wildman–Crippen MR) is 39.3 cm³/mol. The van der Waals surface area contributed by atoms with Gasteiger partial charge in [0, 0.05) is 6.54 Å². The lowest BCUT2D eigenvalue weighted by atomic mass is 10.1. The molecule has 10 heavy (non-hydrogen) atoms. The van der Waals surface area contributed by atoms with Crippen LogP contribution in [0, 0.1) is 17.2 Å². The zero-order valence-electron chi connectivity index (χ0n) is 6.46. The van der Waals surface area contributed by atoms with Crippen LogP contribution < -0.4 is 5.32 Å². The molecule has 0 aromatic carbocycles. The summed E-state index contributed by atoms with van der Waals surface area (Å²) in [6, 6.07) is 1.94. The van der Waals surface area contributed by atoms with Crippen LogP contribution in [0.4, 0.5) is 0 Å². The van der Waals surface area contributed by atoms with Crippen molar-refractivity contribution in [1.82, 2.24) is 5.32 Å². The van der Waals surface area contributed by atoms with Crippen LogP contribution in [0.1, 0.15) is 13.8 Å². The van der Waals surface area contributed by atoms with Gasteiger partial charge in [0.05, 0.1) is 18.7 Å². The van der Waals surface area contributed by atoms with E-state index in [1.54, 1.807) is 0 Å². The van der Waals surface area contributed by atoms with E-state index in [0.717, 1.165) is 0 Å². The minimum Gasteiger partial charge on any atom is -0.392 e. The van der Waals surface area contributed by atoms with Crippen molar-refractivity contribution >= 4 is 0 Å². The van der Waals surface area contributed by atoms with Crippen LogP contribution in [-0.4, -0.2) is 24.3 Å². The molecule has 0 heterocycles. The molecule has 0 saturated heterocycles. The van der Waals surface area contributed by atoms with Gasteiger partial charge in [-0.05, 0) is 5.92 Å². The average Bonchev–Trinajstić information content (AvgIpc) is 1.88. The quantitative estimate of drug-likeness (QED) is 0.433. The Morgan fingerprint density at radius 2 is 2.20 bits per heavy atom. The summed E-state index contributed by atoms with van der Waals surface area (Å²) in [5, 5.41) is 20.1. The van der Waals surface area contributed by atoms with Crippen LogP contribution in [0.3, 0.4) is 0 Å². The number of aliphatic hydroxyl groups is 1. The first-order valence-electron chi connectivity index (χ1n) is 3.44. The molecule has 0 spiro atoms. The van der Waals surface area contributed by atoms with Crippen LogP contribution in [0.5, 0.6) is 0 Å². The molecule has 0 bridgehead atoms. The van der Waals surface area contributed by atoms with Gasteiger partial charge in [-0.25, -0.2) is 0 Å². The van der Waals surface area contributed by atoms with Crippen LogP contribution >= 0.6 is 0 Å². The SMILES string of the molecule is CC(C)C(O)CNCC#N. The average molecular weight is 142 g/mol. The molecule has 1 unspecified atom stereocenters. The van der Waals surface area contributed by atoms with Crippen LogP contribution in [-0.2, 0) is 0 Å². The molecule has 58 valence electrons. The van der Waals surface area contributed by atoms with E-state index in [1.807, 2.05) is 19.9 Å². The molecule has 2 N–H and O–H groups in total. The van der Waals surface area contributed by atoms with E-state index in [-0.39, 0.29) is 12.0 Å². The maximum Gasteiger partial charge on any atom is 0.0841 e. The second kappa shape index (κ2) is 5.21. The maximum absolute atomic E-state index is 9.18. The highest BCUT2D eigenvalue weighted by atomic mass is 16.3. The molecule has 3 heteroatoms. The van der Waals surface area contributed by atoms with Crippen molar-refractivity contribution in [3.8, 4) is 6.07 Å². The van der Waals surface area contributed by atoms with Gasteiger partial charge in [-0.15, -0.1) is 0 Å². The normalized spacial score (nSPS) is 13.1. The number of nitriles is 1. The topological polar surface area (TPSA) is 56.0 Å². The molecule has 1 atom stereocenters. The standard InChI is InChI=1S/C7H14N2O/c1-6(2)7(10)5-9-4-3-8/h6-7,9-10H,4-5H2,1-2H3. The lowest BCUT2D eigenvalue weighted by molar-refractivity contribution is 0.125. The van der Waals surface area contributed by atoms with E-state index >= 15 is 0 Å². The molecule has 0 aromatic heterocycles. The van der Waals surface area contributed by atoms with E-state index in [2.05, 4.69) is 5.32 Å². The molecule has 0 amide bonds. The number of nitrogens with one attached hydrogen (secondary N) is 1. The van der Waals surface area contributed by atoms with Crippen molar-refractivity contribution in [3.05, 3.63) is 0 Å². The molecule has 0 aliphatic heterocycles. The van der Waals surface area contributed by atoms with E-state index in [4.69, 9.17) is 5.26 Å². The Kier molecular flexibility index (Phi) is 4.91. The number of hydrogen-bond acceptors (Lipinski definition) is 3. The minimum atomic E-state index is -0.339. The smallest absolute Gasteiger partial charge is 0.0841 e. The van der Waals surface area contributed by atoms with E-state index in [1.165, 1.54) is 0 Å². The molecule has 0 aliphatic rings. The summed E-state index contributed by atoms with van der Waals surface area (Å²) in [6.45, 7) is 4.70. The number of nitrogens with zero attached hydrogens (tertiary/aromatic N) is 1. The molecular formula is C7H14N2O. The minimum absolute atomic E-state index is 0.256. The Labute approximate surface area is 61.7 Å². The number of hydrogen-bond donors (Lipinski definition) is 2. The first kappa shape index (κ1) is 9.41. The third-order valence-corrected chi connectivity index (χ3v) is 1.33. The van der Waals surface area contributed by atoms with Gasteiger partial charge in [-0.2, -0.15) is 5.26 Å². The molecule has 0 fully saturated rings. The zero-order chi connectivity index (χ0) is 7.98. The lowest BCUT2D eigenvalue weighted by Crippen LogP contribution is -2.30. The van der Waals surface area contributed by atoms with Gasteiger partial charge in [0.25, 0.3) is 0 Å². The highest BCUT2D eigenvalue weighted by Gasteiger charge is 2.06. The second-order valence-corrected chi connectivity index (χ2v) is 2.60. The van der Waals surface area contributed by atoms with Crippen molar-refractivity contribution in [1.29, 1.82) is 5.26 Å². The van der Waals surface area contributed by atoms with Gasteiger partial charge in [0.1, 0.15) is 0 Å². The maximum atomic E-state index is 9.18. The Hall–Kier alpha value is -0.590. The van der Waals surface area contributed by atoms with Crippen molar-refractivity contribution in [2.75, 3.05) is 13.1 Å². The summed E-state index contributed by atoms with van der Waals surface area (Å²) in [5.41, 5.74) is 0. The van der Waals surface area contributed by atoms with Crippen LogP contribution in [0.25, 0.3) is 0 Å². The summed E-state index contributed by atoms with van der Waals surface area (Å²) in [6.07, 6.45) is -0.339. The fraction of sp³-hybridized carbons (Fsp3) is 0.857. The summed E-state index contributed by atoms with van der Waals surface area (Å²) < 4.78 is 0. The second-order valence-electron chi connectivity index (χ2n) is 2.60. The van der Waals surface area contributed by atoms with E-state index in [0.29, 0.717) is 13.1 Å². The summed E-state index contributed by atoms with van der Waals surface area (Å²) in [4.78, 5) is 0. The first-order chi connectivity index (χ1) is 4.68. The molecule has 3 nitrogen and oxygen atoms in total. The van der Waals surface area contributed by atoms with Gasteiger partial charge in [-0.3, -0.25) is 0 Å². The van der Waals surface area contributed by atoms with Gasteiger partial charge in [-0.1, -0.05) is 13.8 Å². The Balaban J connectivity index is 3.23. The van der Waals surface area contributed by atoms with Crippen LogP contribution in [0.15, 0.2) is 0 Å². The molecule has 0 aromatic rings. The van der Waals surface area contributed by atoms with Crippen molar-refractivity contribution in [2.45, 2.75) is 20.0 Å². The Morgan fingerprint density at radius 1 is 1.60 bits per heavy atom. The van der Waals surface area contributed by atoms with Crippen molar-refractivity contribution < 1.29 is 5.11 Å². The molecule has 0 rings (SSSR count). The number of rotatable bonds is 4. The monoisotopic (exact) mass is 142 g/mol. The van der Waals surface area contributed by atoms with Crippen molar-refractivity contribution in [3.63, 3.8) is 0 Å². The Morgan fingerprint density at radius 3 is 2.60 bits per heavy atom. The van der Waals surface area contributed by atoms with Crippen LogP contribution in [0.2, 0.25) is 0 Å². The highest BCUT2D eigenvalue weighted by Crippen LogP contribution is 1.97. The van der Waals surface area contributed by atoms with E-state index < -0.39 is 0 Å². The van der Waals surface area contributed by atoms with Gasteiger partial charge >= 0.3 is 0 Å². The molecule has 0 radical (unpaired) electrons. The largest absolute Gasteiger partial charge is 0.392 e. The first-order valence-corrected chi connectivity index (χ1v) is 3.44. The van der Waals surface area contributed by atoms with Gasteiger partial charge in [0.15, 0.2) is 0 Å². The van der Waals surface area contributed by atoms with Gasteiger partial charge < -0.3 is 10.4 Å². The zero-order valence-corrected chi connectivity index (χ0v) is 6.46. The predicted octanol–water partition coefficient (Wildman–Crippen LogP) is 0.116. The molecule has 0 aliphatic carbocycles. The highest BCUT2D eigenvalue weighted by molar-refractivity contribution is 4.74. The fourth-order valence-corrected chi connectivity index (χ4v) is 0.512. The fourth-order valence-electron chi connectivity index (χ4n) is 0.512. The molecular weight excluding hydrogens is 128 g/mol. The summed E-state index contributed by atoms with van der Waals surface area (Å²) in [7, 11) is 0. The summed E-state index contributed by atoms with van der Waals surface area (Å²) in [5.74, 6) is 0.256. The lowest BCUT2D eigenvalue weighted by Gasteiger charge is -2.13.